The Kier molecular flexibility index (Phi) is 4.56. The van der Waals surface area contributed by atoms with E-state index in [0.29, 0.717) is 11.7 Å². The van der Waals surface area contributed by atoms with Gasteiger partial charge in [0.05, 0.1) is 12.4 Å². The van der Waals surface area contributed by atoms with Gasteiger partial charge in [-0.3, -0.25) is 5.32 Å². The van der Waals surface area contributed by atoms with E-state index in [1.54, 1.807) is 12.5 Å². The lowest BCUT2D eigenvalue weighted by atomic mass is 9.86. The molecule has 2 amide bonds. The summed E-state index contributed by atoms with van der Waals surface area (Å²) in [5.74, 6) is 0. The second kappa shape index (κ2) is 6.21. The zero-order valence-electron chi connectivity index (χ0n) is 12.6. The number of rotatable bonds is 4. The zero-order valence-corrected chi connectivity index (χ0v) is 13.4. The van der Waals surface area contributed by atoms with Gasteiger partial charge in [0.25, 0.3) is 0 Å². The highest BCUT2D eigenvalue weighted by Gasteiger charge is 2.26. The molecule has 0 aliphatic carbocycles. The third-order valence-corrected chi connectivity index (χ3v) is 3.80. The summed E-state index contributed by atoms with van der Waals surface area (Å²) in [4.78, 5) is 16.1. The summed E-state index contributed by atoms with van der Waals surface area (Å²) < 4.78 is 1.95. The topological polar surface area (TPSA) is 84.7 Å². The van der Waals surface area contributed by atoms with Gasteiger partial charge in [-0.1, -0.05) is 32.1 Å². The van der Waals surface area contributed by atoms with E-state index in [0.717, 1.165) is 5.01 Å². The lowest BCUT2D eigenvalue weighted by Gasteiger charge is -2.31. The molecule has 0 fully saturated rings. The molecule has 114 valence electrons. The molecule has 0 unspecified atom stereocenters. The summed E-state index contributed by atoms with van der Waals surface area (Å²) in [6.45, 7) is 8.77. The van der Waals surface area contributed by atoms with Crippen LogP contribution in [-0.4, -0.2) is 31.8 Å². The van der Waals surface area contributed by atoms with Crippen LogP contribution in [0.2, 0.25) is 0 Å². The quantitative estimate of drug-likeness (QED) is 0.907. The van der Waals surface area contributed by atoms with Gasteiger partial charge >= 0.3 is 6.03 Å². The van der Waals surface area contributed by atoms with Crippen molar-refractivity contribution in [1.29, 1.82) is 0 Å². The normalized spacial score (nSPS) is 13.0. The van der Waals surface area contributed by atoms with Crippen LogP contribution in [0.5, 0.6) is 0 Å². The molecule has 2 aromatic heterocycles. The van der Waals surface area contributed by atoms with E-state index >= 15 is 0 Å². The SMILES string of the molecule is Cc1nnc(NC(=O)N[C@@H](Cn2ccnc2)C(C)(C)C)s1. The van der Waals surface area contributed by atoms with Gasteiger partial charge in [0.1, 0.15) is 5.01 Å². The second-order valence-corrected chi connectivity index (χ2v) is 7.08. The Morgan fingerprint density at radius 1 is 1.43 bits per heavy atom. The third-order valence-electron chi connectivity index (χ3n) is 3.05. The van der Waals surface area contributed by atoms with Crippen LogP contribution >= 0.6 is 11.3 Å². The standard InChI is InChI=1S/C13H20N6OS/c1-9-17-18-12(21-9)16-11(20)15-10(13(2,3)4)7-19-6-5-14-8-19/h5-6,8,10H,7H2,1-4H3,(H2,15,16,18,20)/t10-/m0/s1. The maximum atomic E-state index is 12.1. The van der Waals surface area contributed by atoms with Crippen molar-refractivity contribution in [2.45, 2.75) is 40.3 Å². The largest absolute Gasteiger partial charge is 0.335 e. The molecule has 0 saturated heterocycles. The summed E-state index contributed by atoms with van der Waals surface area (Å²) in [6.07, 6.45) is 5.35. The number of urea groups is 1. The van der Waals surface area contributed by atoms with Gasteiger partial charge in [0, 0.05) is 18.9 Å². The Morgan fingerprint density at radius 2 is 2.19 bits per heavy atom. The molecule has 0 saturated carbocycles. The first kappa shape index (κ1) is 15.4. The number of anilines is 1. The molecule has 0 aromatic carbocycles. The molecule has 0 radical (unpaired) electrons. The number of aromatic nitrogens is 4. The predicted molar refractivity (Wildman–Crippen MR) is 82.3 cm³/mol. The lowest BCUT2D eigenvalue weighted by Crippen LogP contribution is -2.47. The fraction of sp³-hybridized carbons (Fsp3) is 0.538. The highest BCUT2D eigenvalue weighted by molar-refractivity contribution is 7.15. The average molecular weight is 308 g/mol. The molecular weight excluding hydrogens is 288 g/mol. The highest BCUT2D eigenvalue weighted by atomic mass is 32.1. The van der Waals surface area contributed by atoms with Crippen molar-refractivity contribution in [3.05, 3.63) is 23.7 Å². The molecule has 2 N–H and O–H groups in total. The van der Waals surface area contributed by atoms with Crippen LogP contribution in [0.4, 0.5) is 9.93 Å². The first-order valence-electron chi connectivity index (χ1n) is 6.68. The Morgan fingerprint density at radius 3 is 2.71 bits per heavy atom. The molecule has 0 aliphatic rings. The van der Waals surface area contributed by atoms with E-state index in [1.165, 1.54) is 11.3 Å². The van der Waals surface area contributed by atoms with Crippen LogP contribution in [0, 0.1) is 12.3 Å². The number of amides is 2. The van der Waals surface area contributed by atoms with E-state index in [4.69, 9.17) is 0 Å². The number of hydrogen-bond donors (Lipinski definition) is 2. The van der Waals surface area contributed by atoms with Crippen LogP contribution in [0.3, 0.4) is 0 Å². The van der Waals surface area contributed by atoms with Crippen molar-refractivity contribution in [1.82, 2.24) is 25.1 Å². The Labute approximate surface area is 127 Å². The Balaban J connectivity index is 1.99. The summed E-state index contributed by atoms with van der Waals surface area (Å²) in [5.41, 5.74) is -0.0847. The molecule has 0 bridgehead atoms. The van der Waals surface area contributed by atoms with E-state index in [1.807, 2.05) is 17.7 Å². The molecule has 2 rings (SSSR count). The maximum absolute atomic E-state index is 12.1. The molecule has 21 heavy (non-hydrogen) atoms. The van der Waals surface area contributed by atoms with Gasteiger partial charge in [-0.05, 0) is 12.3 Å². The zero-order chi connectivity index (χ0) is 15.5. The monoisotopic (exact) mass is 308 g/mol. The van der Waals surface area contributed by atoms with E-state index in [-0.39, 0.29) is 17.5 Å². The molecule has 2 aromatic rings. The van der Waals surface area contributed by atoms with E-state index < -0.39 is 0 Å². The van der Waals surface area contributed by atoms with Gasteiger partial charge < -0.3 is 9.88 Å². The first-order chi connectivity index (χ1) is 9.84. The molecule has 2 heterocycles. The van der Waals surface area contributed by atoms with Crippen molar-refractivity contribution in [3.8, 4) is 0 Å². The van der Waals surface area contributed by atoms with Crippen LogP contribution in [0.1, 0.15) is 25.8 Å². The average Bonchev–Trinajstić information content (AvgIpc) is 2.99. The lowest BCUT2D eigenvalue weighted by molar-refractivity contribution is 0.218. The van der Waals surface area contributed by atoms with Gasteiger partial charge in [-0.15, -0.1) is 10.2 Å². The minimum atomic E-state index is -0.272. The highest BCUT2D eigenvalue weighted by Crippen LogP contribution is 2.21. The molecular formula is C13H20N6OS. The number of hydrogen-bond acceptors (Lipinski definition) is 5. The van der Waals surface area contributed by atoms with Gasteiger partial charge in [-0.2, -0.15) is 0 Å². The van der Waals surface area contributed by atoms with Crippen molar-refractivity contribution in [3.63, 3.8) is 0 Å². The number of nitrogens with one attached hydrogen (secondary N) is 2. The van der Waals surface area contributed by atoms with Crippen molar-refractivity contribution in [2.24, 2.45) is 5.41 Å². The summed E-state index contributed by atoms with van der Waals surface area (Å²) >= 11 is 1.35. The summed E-state index contributed by atoms with van der Waals surface area (Å²) in [5, 5.41) is 14.8. The van der Waals surface area contributed by atoms with Crippen molar-refractivity contribution >= 4 is 22.5 Å². The molecule has 8 heteroatoms. The Bertz CT molecular complexity index is 586. The smallest absolute Gasteiger partial charge is 0.321 e. The number of nitrogens with zero attached hydrogens (tertiary/aromatic N) is 4. The fourth-order valence-electron chi connectivity index (χ4n) is 1.78. The number of carbonyl (C=O) groups excluding carboxylic acids is 1. The van der Waals surface area contributed by atoms with Gasteiger partial charge in [-0.25, -0.2) is 9.78 Å². The van der Waals surface area contributed by atoms with Gasteiger partial charge in [0.15, 0.2) is 0 Å². The van der Waals surface area contributed by atoms with Crippen LogP contribution in [0.25, 0.3) is 0 Å². The van der Waals surface area contributed by atoms with Crippen LogP contribution in [0.15, 0.2) is 18.7 Å². The first-order valence-corrected chi connectivity index (χ1v) is 7.49. The fourth-order valence-corrected chi connectivity index (χ4v) is 2.37. The number of imidazole rings is 1. The maximum Gasteiger partial charge on any atom is 0.321 e. The number of carbonyl (C=O) groups is 1. The Hall–Kier alpha value is -1.96. The molecule has 0 aliphatic heterocycles. The van der Waals surface area contributed by atoms with Crippen LogP contribution < -0.4 is 10.6 Å². The van der Waals surface area contributed by atoms with Crippen molar-refractivity contribution < 1.29 is 4.79 Å². The molecule has 0 spiro atoms. The van der Waals surface area contributed by atoms with Crippen LogP contribution in [-0.2, 0) is 6.54 Å². The summed E-state index contributed by atoms with van der Waals surface area (Å²) in [7, 11) is 0. The third kappa shape index (κ3) is 4.52. The minimum Gasteiger partial charge on any atom is -0.335 e. The molecule has 1 atom stereocenters. The summed E-state index contributed by atoms with van der Waals surface area (Å²) in [6, 6.07) is -0.313. The number of aryl methyl sites for hydroxylation is 1. The van der Waals surface area contributed by atoms with Gasteiger partial charge in [0.2, 0.25) is 5.13 Å². The van der Waals surface area contributed by atoms with E-state index in [9.17, 15) is 4.79 Å². The second-order valence-electron chi connectivity index (χ2n) is 5.90. The van der Waals surface area contributed by atoms with E-state index in [2.05, 4.69) is 46.6 Å². The van der Waals surface area contributed by atoms with Crippen molar-refractivity contribution in [2.75, 3.05) is 5.32 Å². The predicted octanol–water partition coefficient (Wildman–Crippen LogP) is 2.28. The molecule has 7 nitrogen and oxygen atoms in total. The minimum absolute atomic E-state index is 0.0410.